The summed E-state index contributed by atoms with van der Waals surface area (Å²) in [6.07, 6.45) is -7.69. The van der Waals surface area contributed by atoms with Gasteiger partial charge < -0.3 is 4.74 Å². The fourth-order valence-electron chi connectivity index (χ4n) is 1.10. The minimum absolute atomic E-state index is 0.204. The van der Waals surface area contributed by atoms with Gasteiger partial charge >= 0.3 is 6.36 Å². The highest BCUT2D eigenvalue weighted by molar-refractivity contribution is 5.39. The maximum Gasteiger partial charge on any atom is 0.573 e. The minimum Gasteiger partial charge on any atom is -0.406 e. The number of alkyl halides is 5. The van der Waals surface area contributed by atoms with Crippen LogP contribution >= 0.6 is 0 Å². The van der Waals surface area contributed by atoms with E-state index in [1.54, 1.807) is 0 Å². The summed E-state index contributed by atoms with van der Waals surface area (Å²) in [5.74, 6) is -0.597. The third kappa shape index (κ3) is 3.07. The Kier molecular flexibility index (Phi) is 3.16. The highest BCUT2D eigenvalue weighted by atomic mass is 19.4. The van der Waals surface area contributed by atoms with E-state index < -0.39 is 24.1 Å². The van der Waals surface area contributed by atoms with E-state index in [0.717, 1.165) is 25.1 Å². The smallest absolute Gasteiger partial charge is 0.406 e. The molecule has 0 amide bonds. The van der Waals surface area contributed by atoms with Crippen LogP contribution in [-0.4, -0.2) is 6.36 Å². The molecule has 1 aromatic rings. The van der Waals surface area contributed by atoms with Gasteiger partial charge in [-0.2, -0.15) is 0 Å². The second kappa shape index (κ2) is 4.04. The summed E-state index contributed by atoms with van der Waals surface area (Å²) in [5.41, 5.74) is -0.665. The quantitative estimate of drug-likeness (QED) is 0.696. The number of hydrogen-bond donors (Lipinski definition) is 0. The van der Waals surface area contributed by atoms with Crippen LogP contribution in [0.25, 0.3) is 0 Å². The van der Waals surface area contributed by atoms with Crippen molar-refractivity contribution in [1.29, 1.82) is 0 Å². The van der Waals surface area contributed by atoms with Crippen molar-refractivity contribution >= 4 is 0 Å². The highest BCUT2D eigenvalue weighted by Gasteiger charge is 2.32. The van der Waals surface area contributed by atoms with Gasteiger partial charge in [-0.3, -0.25) is 0 Å². The van der Waals surface area contributed by atoms with Crippen molar-refractivity contribution in [1.82, 2.24) is 0 Å². The molecule has 1 nitrogen and oxygen atoms in total. The van der Waals surface area contributed by atoms with E-state index in [9.17, 15) is 22.0 Å². The number of benzene rings is 1. The summed E-state index contributed by atoms with van der Waals surface area (Å²) in [5, 5.41) is 0. The van der Waals surface area contributed by atoms with Crippen LogP contribution in [0, 0.1) is 6.92 Å². The Morgan fingerprint density at radius 3 is 2.27 bits per heavy atom. The molecule has 6 heteroatoms. The van der Waals surface area contributed by atoms with Gasteiger partial charge in [-0.1, -0.05) is 12.1 Å². The van der Waals surface area contributed by atoms with Crippen LogP contribution in [0.1, 0.15) is 17.6 Å². The second-order valence-corrected chi connectivity index (χ2v) is 2.82. The first-order valence-electron chi connectivity index (χ1n) is 3.94. The number of halogens is 5. The predicted molar refractivity (Wildman–Crippen MR) is 42.8 cm³/mol. The fourth-order valence-corrected chi connectivity index (χ4v) is 1.10. The highest BCUT2D eigenvalue weighted by Crippen LogP contribution is 2.32. The van der Waals surface area contributed by atoms with Gasteiger partial charge in [-0.25, -0.2) is 8.78 Å². The van der Waals surface area contributed by atoms with E-state index in [4.69, 9.17) is 0 Å². The summed E-state index contributed by atoms with van der Waals surface area (Å²) in [6.45, 7) is 1.16. The number of ether oxygens (including phenoxy) is 1. The van der Waals surface area contributed by atoms with Crippen LogP contribution in [0.4, 0.5) is 22.0 Å². The lowest BCUT2D eigenvalue weighted by atomic mass is 10.1. The maximum atomic E-state index is 12.3. The van der Waals surface area contributed by atoms with E-state index in [2.05, 4.69) is 4.74 Å². The average molecular weight is 226 g/mol. The van der Waals surface area contributed by atoms with E-state index in [0.29, 0.717) is 0 Å². The first kappa shape index (κ1) is 11.7. The summed E-state index contributed by atoms with van der Waals surface area (Å²) in [4.78, 5) is 0. The first-order chi connectivity index (χ1) is 6.81. The van der Waals surface area contributed by atoms with E-state index in [-0.39, 0.29) is 5.56 Å². The van der Waals surface area contributed by atoms with Gasteiger partial charge in [-0.05, 0) is 13.0 Å². The van der Waals surface area contributed by atoms with Gasteiger partial charge in [0.15, 0.2) is 0 Å². The molecule has 0 radical (unpaired) electrons. The zero-order chi connectivity index (χ0) is 11.6. The van der Waals surface area contributed by atoms with Crippen molar-refractivity contribution in [3.05, 3.63) is 29.3 Å². The lowest BCUT2D eigenvalue weighted by Crippen LogP contribution is -2.18. The Balaban J connectivity index is 3.05. The average Bonchev–Trinajstić information content (AvgIpc) is 2.05. The third-order valence-electron chi connectivity index (χ3n) is 1.79. The second-order valence-electron chi connectivity index (χ2n) is 2.82. The van der Waals surface area contributed by atoms with E-state index in [1.165, 1.54) is 0 Å². The minimum atomic E-state index is -4.87. The van der Waals surface area contributed by atoms with Crippen LogP contribution in [0.2, 0.25) is 0 Å². The summed E-state index contributed by atoms with van der Waals surface area (Å²) >= 11 is 0. The van der Waals surface area contributed by atoms with Gasteiger partial charge in [0.25, 0.3) is 6.43 Å². The standard InChI is InChI=1S/C9H7F5O/c1-5-6(8(10)11)3-2-4-7(5)15-9(12,13)14/h2-4,8H,1H3. The van der Waals surface area contributed by atoms with Gasteiger partial charge in [-0.15, -0.1) is 13.2 Å². The zero-order valence-electron chi connectivity index (χ0n) is 7.61. The predicted octanol–water partition coefficient (Wildman–Crippen LogP) is 3.83. The molecule has 0 aromatic heterocycles. The summed E-state index contributed by atoms with van der Waals surface area (Å²) in [7, 11) is 0. The van der Waals surface area contributed by atoms with Crippen molar-refractivity contribution < 1.29 is 26.7 Å². The van der Waals surface area contributed by atoms with Gasteiger partial charge in [0.05, 0.1) is 0 Å². The molecule has 0 aliphatic heterocycles. The molecule has 0 bridgehead atoms. The third-order valence-corrected chi connectivity index (χ3v) is 1.79. The van der Waals surface area contributed by atoms with Crippen LogP contribution in [0.5, 0.6) is 5.75 Å². The summed E-state index contributed by atoms with van der Waals surface area (Å²) in [6, 6.07) is 3.15. The molecule has 1 rings (SSSR count). The van der Waals surface area contributed by atoms with Crippen molar-refractivity contribution in [2.24, 2.45) is 0 Å². The van der Waals surface area contributed by atoms with Crippen molar-refractivity contribution in [2.45, 2.75) is 19.7 Å². The molecule has 0 unspecified atom stereocenters. The van der Waals surface area contributed by atoms with E-state index >= 15 is 0 Å². The molecular formula is C9H7F5O. The van der Waals surface area contributed by atoms with Crippen LogP contribution in [0.3, 0.4) is 0 Å². The Morgan fingerprint density at radius 2 is 1.80 bits per heavy atom. The lowest BCUT2D eigenvalue weighted by Gasteiger charge is -2.13. The zero-order valence-corrected chi connectivity index (χ0v) is 7.61. The Bertz CT molecular complexity index is 345. The topological polar surface area (TPSA) is 9.23 Å². The molecule has 0 spiro atoms. The number of rotatable bonds is 2. The Labute approximate surface area is 82.5 Å². The molecule has 0 N–H and O–H groups in total. The first-order valence-corrected chi connectivity index (χ1v) is 3.94. The van der Waals surface area contributed by atoms with Crippen molar-refractivity contribution in [2.75, 3.05) is 0 Å². The van der Waals surface area contributed by atoms with Gasteiger partial charge in [0.1, 0.15) is 5.75 Å². The lowest BCUT2D eigenvalue weighted by molar-refractivity contribution is -0.274. The molecule has 0 atom stereocenters. The van der Waals surface area contributed by atoms with Crippen LogP contribution < -0.4 is 4.74 Å². The molecule has 0 aliphatic rings. The van der Waals surface area contributed by atoms with Crippen LogP contribution in [0.15, 0.2) is 18.2 Å². The Morgan fingerprint density at radius 1 is 1.20 bits per heavy atom. The molecular weight excluding hydrogens is 219 g/mol. The van der Waals surface area contributed by atoms with Gasteiger partial charge in [0.2, 0.25) is 0 Å². The monoisotopic (exact) mass is 226 g/mol. The molecule has 1 aromatic carbocycles. The van der Waals surface area contributed by atoms with Gasteiger partial charge in [0, 0.05) is 11.1 Å². The molecule has 0 fully saturated rings. The van der Waals surface area contributed by atoms with Crippen molar-refractivity contribution in [3.8, 4) is 5.75 Å². The van der Waals surface area contributed by atoms with Crippen molar-refractivity contribution in [3.63, 3.8) is 0 Å². The Hall–Kier alpha value is -1.33. The largest absolute Gasteiger partial charge is 0.573 e. The molecule has 15 heavy (non-hydrogen) atoms. The van der Waals surface area contributed by atoms with E-state index in [1.807, 2.05) is 0 Å². The molecule has 84 valence electrons. The summed E-state index contributed by atoms with van der Waals surface area (Å²) < 4.78 is 63.7. The fraction of sp³-hybridized carbons (Fsp3) is 0.333. The molecule has 0 saturated heterocycles. The molecule has 0 heterocycles. The SMILES string of the molecule is Cc1c(OC(F)(F)F)cccc1C(F)F. The van der Waals surface area contributed by atoms with Crippen LogP contribution in [-0.2, 0) is 0 Å². The maximum absolute atomic E-state index is 12.3. The number of hydrogen-bond acceptors (Lipinski definition) is 1. The molecule has 0 saturated carbocycles. The normalized spacial score (nSPS) is 11.9. The molecule has 0 aliphatic carbocycles.